The molecule has 23 heavy (non-hydrogen) atoms. The van der Waals surface area contributed by atoms with Gasteiger partial charge in [0.15, 0.2) is 0 Å². The van der Waals surface area contributed by atoms with Gasteiger partial charge in [0.25, 0.3) is 0 Å². The zero-order valence-electron chi connectivity index (χ0n) is 12.8. The molecule has 1 aliphatic heterocycles. The lowest BCUT2D eigenvalue weighted by atomic mass is 10.0. The van der Waals surface area contributed by atoms with E-state index in [1.54, 1.807) is 23.1 Å². The van der Waals surface area contributed by atoms with E-state index >= 15 is 0 Å². The number of hydrogen-bond acceptors (Lipinski definition) is 3. The van der Waals surface area contributed by atoms with Crippen molar-refractivity contribution in [3.05, 3.63) is 64.7 Å². The highest BCUT2D eigenvalue weighted by atomic mass is 35.5. The van der Waals surface area contributed by atoms with E-state index in [1.165, 1.54) is 0 Å². The second-order valence-corrected chi connectivity index (χ2v) is 6.24. The maximum Gasteiger partial charge on any atom is 0.410 e. The summed E-state index contributed by atoms with van der Waals surface area (Å²) in [7, 11) is 0. The molecule has 1 heterocycles. The highest BCUT2D eigenvalue weighted by Crippen LogP contribution is 2.29. The smallest absolute Gasteiger partial charge is 0.410 e. The lowest BCUT2D eigenvalue weighted by molar-refractivity contribution is 0.129. The van der Waals surface area contributed by atoms with Crippen LogP contribution in [0.15, 0.2) is 48.5 Å². The minimum absolute atomic E-state index is 0.0104. The Hall–Kier alpha value is -2.20. The molecule has 1 amide bonds. The summed E-state index contributed by atoms with van der Waals surface area (Å²) in [5.74, 6) is 0.239. The van der Waals surface area contributed by atoms with Crippen molar-refractivity contribution in [3.63, 3.8) is 0 Å². The largest absolute Gasteiger partial charge is 0.508 e. The number of rotatable bonds is 4. The molecule has 3 rings (SSSR count). The number of amides is 1. The van der Waals surface area contributed by atoms with Crippen LogP contribution in [0.1, 0.15) is 24.2 Å². The Morgan fingerprint density at radius 1 is 1.30 bits per heavy atom. The first-order valence-electron chi connectivity index (χ1n) is 7.53. The van der Waals surface area contributed by atoms with Crippen molar-refractivity contribution in [1.82, 2.24) is 4.90 Å². The molecule has 2 atom stereocenters. The molecule has 0 aromatic heterocycles. The molecule has 1 saturated heterocycles. The SMILES string of the molecule is CC(Cc1ccc(O)cc1)N1CC(c2cccc(Cl)c2)OC1=O. The summed E-state index contributed by atoms with van der Waals surface area (Å²) in [4.78, 5) is 13.9. The molecule has 0 aliphatic carbocycles. The monoisotopic (exact) mass is 331 g/mol. The second kappa shape index (κ2) is 6.50. The summed E-state index contributed by atoms with van der Waals surface area (Å²) < 4.78 is 5.48. The third kappa shape index (κ3) is 3.59. The van der Waals surface area contributed by atoms with Gasteiger partial charge in [-0.05, 0) is 48.7 Å². The third-order valence-corrected chi connectivity index (χ3v) is 4.30. The van der Waals surface area contributed by atoms with E-state index in [0.29, 0.717) is 18.0 Å². The number of benzene rings is 2. The molecule has 5 heteroatoms. The van der Waals surface area contributed by atoms with E-state index in [2.05, 4.69) is 0 Å². The first-order chi connectivity index (χ1) is 11.0. The molecule has 1 fully saturated rings. The van der Waals surface area contributed by atoms with Gasteiger partial charge < -0.3 is 14.7 Å². The van der Waals surface area contributed by atoms with Crippen molar-refractivity contribution in [2.24, 2.45) is 0 Å². The van der Waals surface area contributed by atoms with Crippen LogP contribution in [0.2, 0.25) is 5.02 Å². The van der Waals surface area contributed by atoms with Crippen molar-refractivity contribution in [3.8, 4) is 5.75 Å². The number of cyclic esters (lactones) is 1. The number of carbonyl (C=O) groups excluding carboxylic acids is 1. The Balaban J connectivity index is 1.68. The number of hydrogen-bond donors (Lipinski definition) is 1. The van der Waals surface area contributed by atoms with Crippen LogP contribution in [0.25, 0.3) is 0 Å². The number of carbonyl (C=O) groups is 1. The van der Waals surface area contributed by atoms with Gasteiger partial charge in [0.05, 0.1) is 6.54 Å². The fourth-order valence-corrected chi connectivity index (χ4v) is 3.00. The number of nitrogens with zero attached hydrogens (tertiary/aromatic N) is 1. The van der Waals surface area contributed by atoms with Gasteiger partial charge in [-0.15, -0.1) is 0 Å². The first-order valence-corrected chi connectivity index (χ1v) is 7.91. The van der Waals surface area contributed by atoms with Crippen molar-refractivity contribution in [2.75, 3.05) is 6.54 Å². The maximum absolute atomic E-state index is 12.2. The molecule has 1 aliphatic rings. The molecule has 0 saturated carbocycles. The molecule has 2 aromatic rings. The second-order valence-electron chi connectivity index (χ2n) is 5.80. The minimum Gasteiger partial charge on any atom is -0.508 e. The molecule has 4 nitrogen and oxygen atoms in total. The molecular formula is C18H18ClNO3. The third-order valence-electron chi connectivity index (χ3n) is 4.06. The average Bonchev–Trinajstić information content (AvgIpc) is 2.92. The lowest BCUT2D eigenvalue weighted by Crippen LogP contribution is -2.35. The van der Waals surface area contributed by atoms with Crippen LogP contribution in [-0.4, -0.2) is 28.7 Å². The molecule has 120 valence electrons. The van der Waals surface area contributed by atoms with Gasteiger partial charge in [-0.1, -0.05) is 35.9 Å². The van der Waals surface area contributed by atoms with Crippen LogP contribution in [0, 0.1) is 0 Å². The molecule has 0 bridgehead atoms. The van der Waals surface area contributed by atoms with Crippen LogP contribution >= 0.6 is 11.6 Å². The molecule has 0 spiro atoms. The van der Waals surface area contributed by atoms with Crippen LogP contribution < -0.4 is 0 Å². The van der Waals surface area contributed by atoms with Gasteiger partial charge in [0, 0.05) is 11.1 Å². The zero-order chi connectivity index (χ0) is 16.4. The number of ether oxygens (including phenoxy) is 1. The highest BCUT2D eigenvalue weighted by molar-refractivity contribution is 6.30. The van der Waals surface area contributed by atoms with Gasteiger partial charge in [0.2, 0.25) is 0 Å². The van der Waals surface area contributed by atoms with Crippen LogP contribution in [0.5, 0.6) is 5.75 Å². The van der Waals surface area contributed by atoms with Crippen LogP contribution in [0.3, 0.4) is 0 Å². The standard InChI is InChI=1S/C18H18ClNO3/c1-12(9-13-5-7-16(21)8-6-13)20-11-17(23-18(20)22)14-3-2-4-15(19)10-14/h2-8,10,12,17,21H,9,11H2,1H3. The molecule has 2 aromatic carbocycles. The zero-order valence-corrected chi connectivity index (χ0v) is 13.5. The van der Waals surface area contributed by atoms with E-state index in [-0.39, 0.29) is 24.0 Å². The summed E-state index contributed by atoms with van der Waals surface area (Å²) in [5.41, 5.74) is 1.97. The normalized spacial score (nSPS) is 18.8. The summed E-state index contributed by atoms with van der Waals surface area (Å²) in [6.45, 7) is 2.51. The van der Waals surface area contributed by atoms with E-state index in [9.17, 15) is 9.90 Å². The topological polar surface area (TPSA) is 49.8 Å². The van der Waals surface area contributed by atoms with E-state index in [1.807, 2.05) is 37.3 Å². The predicted octanol–water partition coefficient (Wildman–Crippen LogP) is 4.17. The average molecular weight is 332 g/mol. The van der Waals surface area contributed by atoms with Gasteiger partial charge in [-0.2, -0.15) is 0 Å². The highest BCUT2D eigenvalue weighted by Gasteiger charge is 2.35. The lowest BCUT2D eigenvalue weighted by Gasteiger charge is -2.22. The van der Waals surface area contributed by atoms with Crippen molar-refractivity contribution in [2.45, 2.75) is 25.5 Å². The molecular weight excluding hydrogens is 314 g/mol. The summed E-state index contributed by atoms with van der Waals surface area (Å²) in [6, 6.07) is 14.4. The van der Waals surface area contributed by atoms with Crippen LogP contribution in [0.4, 0.5) is 4.79 Å². The minimum atomic E-state index is -0.304. The number of aromatic hydroxyl groups is 1. The van der Waals surface area contributed by atoms with E-state index < -0.39 is 0 Å². The number of phenols is 1. The number of phenolic OH excluding ortho intramolecular Hbond substituents is 1. The first kappa shape index (κ1) is 15.7. The number of halogens is 1. The van der Waals surface area contributed by atoms with E-state index in [0.717, 1.165) is 11.1 Å². The Labute approximate surface area is 140 Å². The predicted molar refractivity (Wildman–Crippen MR) is 88.7 cm³/mol. The summed E-state index contributed by atoms with van der Waals surface area (Å²) >= 11 is 6.00. The Kier molecular flexibility index (Phi) is 4.44. The fraction of sp³-hybridized carbons (Fsp3) is 0.278. The summed E-state index contributed by atoms with van der Waals surface area (Å²) in [6.07, 6.45) is 0.113. The van der Waals surface area contributed by atoms with Crippen molar-refractivity contribution in [1.29, 1.82) is 0 Å². The Bertz CT molecular complexity index is 702. The summed E-state index contributed by atoms with van der Waals surface area (Å²) in [5, 5.41) is 9.97. The van der Waals surface area contributed by atoms with E-state index in [4.69, 9.17) is 16.3 Å². The van der Waals surface area contributed by atoms with Crippen molar-refractivity contribution < 1.29 is 14.6 Å². The fourth-order valence-electron chi connectivity index (χ4n) is 2.80. The molecule has 0 radical (unpaired) electrons. The van der Waals surface area contributed by atoms with Crippen LogP contribution in [-0.2, 0) is 11.2 Å². The van der Waals surface area contributed by atoms with Gasteiger partial charge >= 0.3 is 6.09 Å². The quantitative estimate of drug-likeness (QED) is 0.914. The Morgan fingerprint density at radius 2 is 2.04 bits per heavy atom. The van der Waals surface area contributed by atoms with Gasteiger partial charge in [0.1, 0.15) is 11.9 Å². The Morgan fingerprint density at radius 3 is 2.74 bits per heavy atom. The van der Waals surface area contributed by atoms with Gasteiger partial charge in [-0.3, -0.25) is 0 Å². The molecule has 1 N–H and O–H groups in total. The molecule has 2 unspecified atom stereocenters. The van der Waals surface area contributed by atoms with Crippen molar-refractivity contribution >= 4 is 17.7 Å². The van der Waals surface area contributed by atoms with Gasteiger partial charge in [-0.25, -0.2) is 4.79 Å². The maximum atomic E-state index is 12.2.